The Balaban J connectivity index is 2.81. The van der Waals surface area contributed by atoms with Gasteiger partial charge in [-0.25, -0.2) is 0 Å². The largest absolute Gasteiger partial charge is 0.134 e. The summed E-state index contributed by atoms with van der Waals surface area (Å²) in [5, 5.41) is 15.9. The lowest BCUT2D eigenvalue weighted by Gasteiger charge is -2.31. The van der Waals surface area contributed by atoms with E-state index in [0.717, 1.165) is 11.4 Å². The highest BCUT2D eigenvalue weighted by Gasteiger charge is 2.32. The van der Waals surface area contributed by atoms with E-state index >= 15 is 0 Å². The Labute approximate surface area is 154 Å². The molecule has 1 aromatic heterocycles. The molecule has 1 atom stereocenters. The third-order valence-electron chi connectivity index (χ3n) is 4.47. The van der Waals surface area contributed by atoms with E-state index in [1.54, 1.807) is 0 Å². The number of aromatic nitrogens is 3. The number of rotatable bonds is 2. The van der Waals surface area contributed by atoms with Gasteiger partial charge in [-0.3, -0.25) is 0 Å². The predicted octanol–water partition coefficient (Wildman–Crippen LogP) is 4.45. The van der Waals surface area contributed by atoms with E-state index in [0.29, 0.717) is 0 Å². The topological polar surface area (TPSA) is 38.7 Å². The molecule has 2 aromatic rings. The average Bonchev–Trinajstić information content (AvgIpc) is 2.43. The van der Waals surface area contributed by atoms with Gasteiger partial charge in [0.1, 0.15) is 0 Å². The summed E-state index contributed by atoms with van der Waals surface area (Å²) < 4.78 is 0. The summed E-state index contributed by atoms with van der Waals surface area (Å²) in [6.45, 7) is 22.2. The SMILES string of the molecule is Cc1cc(C)c(P(C)c2c(C(C)(C)C)nnnc2C(C)(C)C)c(C)c1. The molecule has 136 valence electrons. The Morgan fingerprint density at radius 2 is 1.12 bits per heavy atom. The summed E-state index contributed by atoms with van der Waals surface area (Å²) in [5.41, 5.74) is 6.09. The van der Waals surface area contributed by atoms with Crippen LogP contribution in [0.2, 0.25) is 0 Å². The molecular weight excluding hydrogens is 325 g/mol. The van der Waals surface area contributed by atoms with E-state index in [4.69, 9.17) is 0 Å². The van der Waals surface area contributed by atoms with Crippen LogP contribution in [0, 0.1) is 20.8 Å². The van der Waals surface area contributed by atoms with Crippen molar-refractivity contribution in [1.29, 1.82) is 0 Å². The summed E-state index contributed by atoms with van der Waals surface area (Å²) in [6.07, 6.45) is 0. The van der Waals surface area contributed by atoms with Crippen LogP contribution >= 0.6 is 7.92 Å². The second kappa shape index (κ2) is 6.76. The molecule has 1 heterocycles. The van der Waals surface area contributed by atoms with Crippen molar-refractivity contribution in [3.63, 3.8) is 0 Å². The van der Waals surface area contributed by atoms with Gasteiger partial charge in [0.15, 0.2) is 0 Å². The zero-order chi connectivity index (χ0) is 19.2. The van der Waals surface area contributed by atoms with Gasteiger partial charge in [-0.1, -0.05) is 59.2 Å². The second-order valence-corrected chi connectivity index (χ2v) is 11.2. The molecule has 2 rings (SSSR count). The van der Waals surface area contributed by atoms with Crippen LogP contribution in [-0.2, 0) is 10.8 Å². The molecule has 0 radical (unpaired) electrons. The second-order valence-electron chi connectivity index (χ2n) is 9.14. The molecule has 0 saturated heterocycles. The van der Waals surface area contributed by atoms with Crippen LogP contribution in [-0.4, -0.2) is 22.1 Å². The van der Waals surface area contributed by atoms with Gasteiger partial charge >= 0.3 is 0 Å². The molecule has 0 bridgehead atoms. The summed E-state index contributed by atoms with van der Waals surface area (Å²) in [5.74, 6) is 0. The quantitative estimate of drug-likeness (QED) is 0.745. The van der Waals surface area contributed by atoms with Crippen molar-refractivity contribution in [3.8, 4) is 0 Å². The highest BCUT2D eigenvalue weighted by Crippen LogP contribution is 2.39. The zero-order valence-corrected chi connectivity index (χ0v) is 18.3. The summed E-state index contributed by atoms with van der Waals surface area (Å²) >= 11 is 0. The Bertz CT molecular complexity index is 727. The van der Waals surface area contributed by atoms with Crippen molar-refractivity contribution >= 4 is 18.5 Å². The fourth-order valence-corrected chi connectivity index (χ4v) is 6.27. The van der Waals surface area contributed by atoms with E-state index < -0.39 is 7.92 Å². The molecule has 1 unspecified atom stereocenters. The normalized spacial score (nSPS) is 13.8. The van der Waals surface area contributed by atoms with Crippen molar-refractivity contribution in [1.82, 2.24) is 15.4 Å². The molecule has 3 nitrogen and oxygen atoms in total. The Kier molecular flexibility index (Phi) is 5.40. The van der Waals surface area contributed by atoms with E-state index in [1.165, 1.54) is 27.3 Å². The molecule has 0 N–H and O–H groups in total. The summed E-state index contributed by atoms with van der Waals surface area (Å²) in [4.78, 5) is 0. The summed E-state index contributed by atoms with van der Waals surface area (Å²) in [6, 6.07) is 4.58. The minimum atomic E-state index is -0.560. The molecule has 0 aliphatic heterocycles. The number of benzene rings is 1. The smallest absolute Gasteiger partial charge is 0.0801 e. The third kappa shape index (κ3) is 4.08. The average molecular weight is 357 g/mol. The van der Waals surface area contributed by atoms with Crippen LogP contribution in [0.3, 0.4) is 0 Å². The van der Waals surface area contributed by atoms with Crippen molar-refractivity contribution in [2.75, 3.05) is 6.66 Å². The molecule has 4 heteroatoms. The molecule has 0 saturated carbocycles. The highest BCUT2D eigenvalue weighted by atomic mass is 31.1. The Hall–Kier alpha value is -1.34. The lowest BCUT2D eigenvalue weighted by Crippen LogP contribution is -2.35. The maximum Gasteiger partial charge on any atom is 0.0801 e. The number of hydrogen-bond donors (Lipinski definition) is 0. The maximum absolute atomic E-state index is 4.50. The van der Waals surface area contributed by atoms with Crippen LogP contribution in [0.1, 0.15) is 69.6 Å². The number of aryl methyl sites for hydroxylation is 3. The first kappa shape index (κ1) is 20.0. The monoisotopic (exact) mass is 357 g/mol. The van der Waals surface area contributed by atoms with Gasteiger partial charge in [-0.2, -0.15) is 0 Å². The van der Waals surface area contributed by atoms with Crippen molar-refractivity contribution in [2.24, 2.45) is 0 Å². The Morgan fingerprint density at radius 1 is 0.720 bits per heavy atom. The van der Waals surface area contributed by atoms with Gasteiger partial charge in [0.05, 0.1) is 11.4 Å². The first-order chi connectivity index (χ1) is 11.3. The fraction of sp³-hybridized carbons (Fsp3) is 0.571. The molecule has 0 aliphatic carbocycles. The van der Waals surface area contributed by atoms with E-state index in [9.17, 15) is 0 Å². The van der Waals surface area contributed by atoms with E-state index in [2.05, 4.69) is 96.5 Å². The van der Waals surface area contributed by atoms with Gasteiger partial charge in [0.2, 0.25) is 0 Å². The highest BCUT2D eigenvalue weighted by molar-refractivity contribution is 7.72. The molecule has 0 spiro atoms. The molecule has 25 heavy (non-hydrogen) atoms. The van der Waals surface area contributed by atoms with Crippen LogP contribution in [0.15, 0.2) is 12.1 Å². The van der Waals surface area contributed by atoms with Gasteiger partial charge in [-0.05, 0) is 57.0 Å². The first-order valence-corrected chi connectivity index (χ1v) is 10.7. The van der Waals surface area contributed by atoms with Crippen molar-refractivity contribution in [2.45, 2.75) is 73.1 Å². The molecule has 0 amide bonds. The molecular formula is C21H32N3P. The minimum absolute atomic E-state index is 0.0611. The van der Waals surface area contributed by atoms with E-state index in [1.807, 2.05) is 0 Å². The minimum Gasteiger partial charge on any atom is -0.134 e. The number of hydrogen-bond acceptors (Lipinski definition) is 3. The van der Waals surface area contributed by atoms with Gasteiger partial charge in [0.25, 0.3) is 0 Å². The van der Waals surface area contributed by atoms with Gasteiger partial charge < -0.3 is 0 Å². The van der Waals surface area contributed by atoms with Crippen LogP contribution < -0.4 is 10.6 Å². The molecule has 1 aromatic carbocycles. The van der Waals surface area contributed by atoms with Crippen LogP contribution in [0.4, 0.5) is 0 Å². The molecule has 0 aliphatic rings. The molecule has 0 fully saturated rings. The van der Waals surface area contributed by atoms with Crippen molar-refractivity contribution in [3.05, 3.63) is 40.2 Å². The number of nitrogens with zero attached hydrogens (tertiary/aromatic N) is 3. The lowest BCUT2D eigenvalue weighted by atomic mass is 9.87. The van der Waals surface area contributed by atoms with Crippen LogP contribution in [0.25, 0.3) is 0 Å². The van der Waals surface area contributed by atoms with Gasteiger partial charge in [0, 0.05) is 16.1 Å². The van der Waals surface area contributed by atoms with E-state index in [-0.39, 0.29) is 10.8 Å². The van der Waals surface area contributed by atoms with Gasteiger partial charge in [-0.15, -0.1) is 10.2 Å². The predicted molar refractivity (Wildman–Crippen MR) is 110 cm³/mol. The summed E-state index contributed by atoms with van der Waals surface area (Å²) in [7, 11) is -0.560. The first-order valence-electron chi connectivity index (χ1n) is 8.90. The standard InChI is InChI=1S/C21H32N3P/c1-13-11-14(2)16(15(3)12-13)25(10)17-18(20(4,5)6)22-24-23-19(17)21(7,8)9/h11-12H,1-10H3. The maximum atomic E-state index is 4.50. The fourth-order valence-electron chi connectivity index (χ4n) is 3.46. The lowest BCUT2D eigenvalue weighted by molar-refractivity contribution is 0.521. The Morgan fingerprint density at radius 3 is 1.48 bits per heavy atom. The third-order valence-corrected chi connectivity index (χ3v) is 6.94. The van der Waals surface area contributed by atoms with Crippen molar-refractivity contribution < 1.29 is 0 Å². The van der Waals surface area contributed by atoms with Crippen LogP contribution in [0.5, 0.6) is 0 Å². The zero-order valence-electron chi connectivity index (χ0n) is 17.4.